The number of rotatable bonds is 1. The van der Waals surface area contributed by atoms with Crippen LogP contribution in [0.25, 0.3) is 0 Å². The van der Waals surface area contributed by atoms with Gasteiger partial charge in [0.05, 0.1) is 12.7 Å². The van der Waals surface area contributed by atoms with E-state index in [1.807, 2.05) is 0 Å². The van der Waals surface area contributed by atoms with Crippen LogP contribution in [0.2, 0.25) is 0 Å². The summed E-state index contributed by atoms with van der Waals surface area (Å²) >= 11 is 0. The number of alkyl halides is 6. The van der Waals surface area contributed by atoms with Crippen LogP contribution in [-0.2, 0) is 0 Å². The average Bonchev–Trinajstić information content (AvgIpc) is 1.84. The highest BCUT2D eigenvalue weighted by Crippen LogP contribution is 1.87. The first kappa shape index (κ1) is 18.3. The maximum absolute atomic E-state index is 9.67. The minimum absolute atomic E-state index is 0.139. The molecule has 1 unspecified atom stereocenters. The summed E-state index contributed by atoms with van der Waals surface area (Å²) in [5, 5.41) is 16.0. The van der Waals surface area contributed by atoms with E-state index < -0.39 is 19.5 Å². The van der Waals surface area contributed by atoms with E-state index in [0.717, 1.165) is 0 Å². The van der Waals surface area contributed by atoms with Gasteiger partial charge in [0.15, 0.2) is 0 Å². The zero-order chi connectivity index (χ0) is 11.4. The molecule has 2 nitrogen and oxygen atoms in total. The summed E-state index contributed by atoms with van der Waals surface area (Å²) in [4.78, 5) is 0. The Morgan fingerprint density at radius 3 is 1.00 bits per heavy atom. The fourth-order valence-electron chi connectivity index (χ4n) is 0. The van der Waals surface area contributed by atoms with Gasteiger partial charge in [0.1, 0.15) is 0 Å². The van der Waals surface area contributed by atoms with E-state index in [4.69, 9.17) is 10.2 Å². The number of hydrogen-bond acceptors (Lipinski definition) is 2. The lowest BCUT2D eigenvalue weighted by Gasteiger charge is -1.90. The highest BCUT2D eigenvalue weighted by Gasteiger charge is 1.86. The molecule has 0 radical (unpaired) electrons. The zero-order valence-corrected chi connectivity index (χ0v) is 6.60. The van der Waals surface area contributed by atoms with Crippen LogP contribution in [0.1, 0.15) is 6.92 Å². The van der Waals surface area contributed by atoms with E-state index >= 15 is 0 Å². The van der Waals surface area contributed by atoms with Crippen molar-refractivity contribution in [1.29, 1.82) is 0 Å². The van der Waals surface area contributed by atoms with Gasteiger partial charge in [-0.1, -0.05) is 0 Å². The maximum Gasteiger partial charge on any atom is 0.379 e. The molecule has 8 heteroatoms. The molecule has 0 aromatic heterocycles. The molecule has 0 aliphatic rings. The van der Waals surface area contributed by atoms with Gasteiger partial charge in [-0.25, -0.2) is 0 Å². The second-order valence-corrected chi connectivity index (χ2v) is 1.53. The summed E-state index contributed by atoms with van der Waals surface area (Å²) in [6, 6.07) is 0. The van der Waals surface area contributed by atoms with Crippen molar-refractivity contribution in [3.05, 3.63) is 0 Å². The Bertz CT molecular complexity index is 67.9. The van der Waals surface area contributed by atoms with Crippen molar-refractivity contribution < 1.29 is 36.6 Å². The number of aliphatic hydroxyl groups excluding tert-OH is 2. The Labute approximate surface area is 70.8 Å². The lowest BCUT2D eigenvalue weighted by molar-refractivity contribution is 0.00734. The number of halogens is 6. The molecule has 13 heavy (non-hydrogen) atoms. The molecule has 0 spiro atoms. The van der Waals surface area contributed by atoms with Crippen molar-refractivity contribution in [3.63, 3.8) is 0 Å². The van der Waals surface area contributed by atoms with Crippen molar-refractivity contribution in [2.24, 2.45) is 0 Å². The van der Waals surface area contributed by atoms with Crippen LogP contribution in [0.3, 0.4) is 0 Å². The third-order valence-corrected chi connectivity index (χ3v) is 0.264. The Hall–Kier alpha value is -0.500. The van der Waals surface area contributed by atoms with E-state index in [2.05, 4.69) is 0 Å². The molecule has 0 aromatic carbocycles. The smallest absolute Gasteiger partial charge is 0.379 e. The first-order chi connectivity index (χ1) is 5.73. The molecule has 2 N–H and O–H groups in total. The molecule has 0 saturated carbocycles. The number of aliphatic hydroxyl groups is 2. The Kier molecular flexibility index (Phi) is 19.8. The largest absolute Gasteiger partial charge is 0.394 e. The molecule has 0 saturated heterocycles. The first-order valence-electron chi connectivity index (χ1n) is 2.87. The van der Waals surface area contributed by atoms with Crippen LogP contribution < -0.4 is 0 Å². The van der Waals surface area contributed by atoms with Crippen LogP contribution >= 0.6 is 0 Å². The third-order valence-electron chi connectivity index (χ3n) is 0.264. The van der Waals surface area contributed by atoms with Gasteiger partial charge in [-0.3, -0.25) is 0 Å². The van der Waals surface area contributed by atoms with E-state index in [0.29, 0.717) is 0 Å². The van der Waals surface area contributed by atoms with Crippen LogP contribution in [0.4, 0.5) is 26.3 Å². The van der Waals surface area contributed by atoms with Crippen molar-refractivity contribution >= 4 is 0 Å². The quantitative estimate of drug-likeness (QED) is 0.655. The summed E-state index contributed by atoms with van der Waals surface area (Å²) in [5.74, 6) is 0. The molecule has 0 aromatic rings. The van der Waals surface area contributed by atoms with Gasteiger partial charge in [0.2, 0.25) is 0 Å². The summed E-state index contributed by atoms with van der Waals surface area (Å²) in [7, 11) is 0. The van der Waals surface area contributed by atoms with Crippen molar-refractivity contribution in [2.75, 3.05) is 6.61 Å². The summed E-state index contributed by atoms with van der Waals surface area (Å²) in [6.45, 7) is -5.94. The molecule has 0 aliphatic heterocycles. The van der Waals surface area contributed by atoms with E-state index in [1.54, 1.807) is 0 Å². The Morgan fingerprint density at radius 2 is 1.00 bits per heavy atom. The van der Waals surface area contributed by atoms with Crippen LogP contribution in [0, 0.1) is 0 Å². The fraction of sp³-hybridized carbons (Fsp3) is 1.00. The first-order valence-corrected chi connectivity index (χ1v) is 2.87. The zero-order valence-electron chi connectivity index (χ0n) is 6.60. The molecule has 1 atom stereocenters. The van der Waals surface area contributed by atoms with Crippen molar-refractivity contribution in [2.45, 2.75) is 26.4 Å². The summed E-state index contributed by atoms with van der Waals surface area (Å²) in [5.41, 5.74) is 0. The van der Waals surface area contributed by atoms with E-state index in [-0.39, 0.29) is 6.61 Å². The average molecular weight is 216 g/mol. The Morgan fingerprint density at radius 1 is 0.923 bits per heavy atom. The predicted molar refractivity (Wildman–Crippen MR) is 33.0 cm³/mol. The van der Waals surface area contributed by atoms with Gasteiger partial charge in [0, 0.05) is 0 Å². The maximum atomic E-state index is 9.67. The van der Waals surface area contributed by atoms with Crippen molar-refractivity contribution in [1.82, 2.24) is 0 Å². The van der Waals surface area contributed by atoms with Crippen LogP contribution in [-0.4, -0.2) is 36.3 Å². The number of hydrogen-bond donors (Lipinski definition) is 2. The van der Waals surface area contributed by atoms with Gasteiger partial charge >= 0.3 is 13.4 Å². The fourth-order valence-corrected chi connectivity index (χ4v) is 0. The molecule has 0 bridgehead atoms. The van der Waals surface area contributed by atoms with Gasteiger partial charge in [-0.05, 0) is 6.92 Å². The second kappa shape index (κ2) is 14.0. The van der Waals surface area contributed by atoms with E-state index in [1.165, 1.54) is 6.92 Å². The van der Waals surface area contributed by atoms with Crippen molar-refractivity contribution in [3.8, 4) is 0 Å². The second-order valence-electron chi connectivity index (χ2n) is 1.53. The van der Waals surface area contributed by atoms with E-state index in [9.17, 15) is 26.3 Å². The third kappa shape index (κ3) is 461. The van der Waals surface area contributed by atoms with Gasteiger partial charge in [-0.2, -0.15) is 26.3 Å². The lowest BCUT2D eigenvalue weighted by atomic mass is 10.5. The van der Waals surface area contributed by atoms with Crippen LogP contribution in [0.15, 0.2) is 0 Å². The molecular weight excluding hydrogens is 206 g/mol. The molecule has 84 valence electrons. The minimum Gasteiger partial charge on any atom is -0.394 e. The highest BCUT2D eigenvalue weighted by molar-refractivity contribution is 4.34. The minimum atomic E-state index is -3.67. The molecule has 0 aliphatic carbocycles. The lowest BCUT2D eigenvalue weighted by Crippen LogP contribution is -2.03. The topological polar surface area (TPSA) is 40.5 Å². The molecule has 0 amide bonds. The van der Waals surface area contributed by atoms with Crippen LogP contribution in [0.5, 0.6) is 0 Å². The summed E-state index contributed by atoms with van der Waals surface area (Å²) in [6.07, 6.45) is -0.560. The molecule has 0 rings (SSSR count). The normalized spacial score (nSPS) is 11.3. The monoisotopic (exact) mass is 216 g/mol. The summed E-state index contributed by atoms with van der Waals surface area (Å²) < 4.78 is 58.0. The molecular formula is C5H10F6O2. The standard InChI is InChI=1S/C3H8O2.2CHF3/c1-3(5)2-4;2*2-1(3)4/h3-5H,2H2,1H3;2*1H. The highest BCUT2D eigenvalue weighted by atomic mass is 19.4. The van der Waals surface area contributed by atoms with Gasteiger partial charge in [-0.15, -0.1) is 0 Å². The Balaban J connectivity index is -0.000000117. The molecule has 0 fully saturated rings. The predicted octanol–water partition coefficient (Wildman–Crippen LogP) is 1.72. The molecule has 0 heterocycles. The SMILES string of the molecule is CC(O)CO.FC(F)F.FC(F)F. The van der Waals surface area contributed by atoms with Gasteiger partial charge < -0.3 is 10.2 Å². The van der Waals surface area contributed by atoms with Gasteiger partial charge in [0.25, 0.3) is 0 Å².